The Morgan fingerprint density at radius 3 is 2.38 bits per heavy atom. The number of hydrogen-bond donors (Lipinski definition) is 2. The lowest BCUT2D eigenvalue weighted by Crippen LogP contribution is -2.44. The second-order valence-corrected chi connectivity index (χ2v) is 7.37. The van der Waals surface area contributed by atoms with E-state index in [1.165, 1.54) is 43.2 Å². The zero-order chi connectivity index (χ0) is 18.2. The molecule has 26 heavy (non-hydrogen) atoms. The minimum absolute atomic E-state index is 0.314. The highest BCUT2D eigenvalue weighted by Gasteiger charge is 2.23. The molecule has 1 fully saturated rings. The van der Waals surface area contributed by atoms with Gasteiger partial charge < -0.3 is 15.4 Å². The Bertz CT molecular complexity index is 652. The smallest absolute Gasteiger partial charge is 0.123 e. The van der Waals surface area contributed by atoms with E-state index in [1.807, 2.05) is 12.1 Å². The predicted octanol–water partition coefficient (Wildman–Crippen LogP) is 4.84. The van der Waals surface area contributed by atoms with Crippen LogP contribution in [0, 0.1) is 0 Å². The molecule has 0 spiro atoms. The fourth-order valence-corrected chi connectivity index (χ4v) is 3.95. The molecule has 0 bridgehead atoms. The van der Waals surface area contributed by atoms with Crippen molar-refractivity contribution in [2.24, 2.45) is 0 Å². The molecule has 0 radical (unpaired) electrons. The van der Waals surface area contributed by atoms with Crippen LogP contribution in [0.2, 0.25) is 0 Å². The van der Waals surface area contributed by atoms with Gasteiger partial charge in [-0.1, -0.05) is 67.8 Å². The van der Waals surface area contributed by atoms with Gasteiger partial charge in [-0.05, 0) is 31.4 Å². The summed E-state index contributed by atoms with van der Waals surface area (Å²) in [7, 11) is 1.74. The lowest BCUT2D eigenvalue weighted by molar-refractivity contribution is 0.299. The van der Waals surface area contributed by atoms with E-state index in [0.29, 0.717) is 18.1 Å². The van der Waals surface area contributed by atoms with Crippen LogP contribution in [0.1, 0.15) is 56.2 Å². The van der Waals surface area contributed by atoms with Crippen LogP contribution >= 0.6 is 0 Å². The standard InChI is InChI=1S/C23H32N2O/c1-18(24-17-20-13-9-10-16-22(20)26-2)23(19-11-5-3-6-12-19)25-21-14-7-4-8-15-21/h3,5-6,9-13,16,18,21,23-25H,4,7-8,14-15,17H2,1-2H3. The fraction of sp³-hybridized carbons (Fsp3) is 0.478. The van der Waals surface area contributed by atoms with Crippen molar-refractivity contribution < 1.29 is 4.74 Å². The fourth-order valence-electron chi connectivity index (χ4n) is 3.95. The Labute approximate surface area is 158 Å². The summed E-state index contributed by atoms with van der Waals surface area (Å²) in [6, 6.07) is 20.3. The van der Waals surface area contributed by atoms with Crippen molar-refractivity contribution in [2.75, 3.05) is 7.11 Å². The number of para-hydroxylation sites is 1. The van der Waals surface area contributed by atoms with Crippen LogP contribution in [0.25, 0.3) is 0 Å². The summed E-state index contributed by atoms with van der Waals surface area (Å²) in [6.45, 7) is 3.09. The molecule has 3 nitrogen and oxygen atoms in total. The molecule has 2 aromatic rings. The van der Waals surface area contributed by atoms with Crippen molar-refractivity contribution >= 4 is 0 Å². The molecular formula is C23H32N2O. The highest BCUT2D eigenvalue weighted by Crippen LogP contribution is 2.24. The summed E-state index contributed by atoms with van der Waals surface area (Å²) in [5, 5.41) is 7.66. The second-order valence-electron chi connectivity index (χ2n) is 7.37. The van der Waals surface area contributed by atoms with Gasteiger partial charge in [0.15, 0.2) is 0 Å². The number of nitrogens with one attached hydrogen (secondary N) is 2. The summed E-state index contributed by atoms with van der Waals surface area (Å²) in [6.07, 6.45) is 6.67. The van der Waals surface area contributed by atoms with Crippen LogP contribution in [-0.2, 0) is 6.54 Å². The van der Waals surface area contributed by atoms with E-state index < -0.39 is 0 Å². The first kappa shape index (κ1) is 18.9. The molecule has 1 saturated carbocycles. The average molecular weight is 353 g/mol. The number of ether oxygens (including phenoxy) is 1. The summed E-state index contributed by atoms with van der Waals surface area (Å²) in [5.74, 6) is 0.948. The van der Waals surface area contributed by atoms with Crippen LogP contribution < -0.4 is 15.4 Å². The zero-order valence-electron chi connectivity index (χ0n) is 16.1. The van der Waals surface area contributed by atoms with Crippen LogP contribution in [0.15, 0.2) is 54.6 Å². The number of benzene rings is 2. The lowest BCUT2D eigenvalue weighted by Gasteiger charge is -2.33. The average Bonchev–Trinajstić information content (AvgIpc) is 2.72. The Kier molecular flexibility index (Phi) is 7.10. The zero-order valence-corrected chi connectivity index (χ0v) is 16.1. The Balaban J connectivity index is 1.68. The molecule has 3 heteroatoms. The lowest BCUT2D eigenvalue weighted by atomic mass is 9.92. The van der Waals surface area contributed by atoms with E-state index >= 15 is 0 Å². The van der Waals surface area contributed by atoms with Crippen LogP contribution in [0.4, 0.5) is 0 Å². The van der Waals surface area contributed by atoms with Crippen molar-refractivity contribution in [3.05, 3.63) is 65.7 Å². The van der Waals surface area contributed by atoms with Gasteiger partial charge in [0.1, 0.15) is 5.75 Å². The first-order valence-corrected chi connectivity index (χ1v) is 9.94. The monoisotopic (exact) mass is 352 g/mol. The molecular weight excluding hydrogens is 320 g/mol. The maximum atomic E-state index is 5.49. The van der Waals surface area contributed by atoms with E-state index in [9.17, 15) is 0 Å². The van der Waals surface area contributed by atoms with Crippen LogP contribution in [0.3, 0.4) is 0 Å². The van der Waals surface area contributed by atoms with Gasteiger partial charge in [-0.2, -0.15) is 0 Å². The van der Waals surface area contributed by atoms with Gasteiger partial charge in [0, 0.05) is 30.2 Å². The first-order valence-electron chi connectivity index (χ1n) is 9.94. The van der Waals surface area contributed by atoms with Crippen molar-refractivity contribution in [3.8, 4) is 5.75 Å². The van der Waals surface area contributed by atoms with E-state index in [0.717, 1.165) is 12.3 Å². The number of hydrogen-bond acceptors (Lipinski definition) is 3. The van der Waals surface area contributed by atoms with Gasteiger partial charge in [0.05, 0.1) is 7.11 Å². The van der Waals surface area contributed by atoms with Crippen LogP contribution in [-0.4, -0.2) is 19.2 Å². The van der Waals surface area contributed by atoms with E-state index in [-0.39, 0.29) is 0 Å². The summed E-state index contributed by atoms with van der Waals surface area (Å²) < 4.78 is 5.49. The van der Waals surface area contributed by atoms with Crippen molar-refractivity contribution in [2.45, 2.75) is 63.7 Å². The van der Waals surface area contributed by atoms with Gasteiger partial charge in [0.2, 0.25) is 0 Å². The van der Waals surface area contributed by atoms with Crippen LogP contribution in [0.5, 0.6) is 5.75 Å². The number of rotatable bonds is 8. The topological polar surface area (TPSA) is 33.3 Å². The molecule has 2 N–H and O–H groups in total. The minimum atomic E-state index is 0.314. The molecule has 1 aliphatic carbocycles. The molecule has 3 rings (SSSR count). The van der Waals surface area contributed by atoms with E-state index in [4.69, 9.17) is 4.74 Å². The third kappa shape index (κ3) is 5.09. The Morgan fingerprint density at radius 2 is 1.65 bits per heavy atom. The van der Waals surface area contributed by atoms with E-state index in [2.05, 4.69) is 60.0 Å². The molecule has 2 atom stereocenters. The second kappa shape index (κ2) is 9.75. The third-order valence-corrected chi connectivity index (χ3v) is 5.49. The molecule has 0 amide bonds. The van der Waals surface area contributed by atoms with Gasteiger partial charge in [-0.15, -0.1) is 0 Å². The molecule has 140 valence electrons. The molecule has 0 aliphatic heterocycles. The largest absolute Gasteiger partial charge is 0.496 e. The Morgan fingerprint density at radius 1 is 0.962 bits per heavy atom. The SMILES string of the molecule is COc1ccccc1CNC(C)C(NC1CCCCC1)c1ccccc1. The van der Waals surface area contributed by atoms with Crippen molar-refractivity contribution in [3.63, 3.8) is 0 Å². The molecule has 2 unspecified atom stereocenters. The molecule has 0 saturated heterocycles. The van der Waals surface area contributed by atoms with E-state index in [1.54, 1.807) is 7.11 Å². The molecule has 0 heterocycles. The molecule has 0 aromatic heterocycles. The third-order valence-electron chi connectivity index (χ3n) is 5.49. The van der Waals surface area contributed by atoms with Crippen molar-refractivity contribution in [1.82, 2.24) is 10.6 Å². The quantitative estimate of drug-likeness (QED) is 0.713. The first-order chi connectivity index (χ1) is 12.8. The maximum absolute atomic E-state index is 5.49. The normalized spacial score (nSPS) is 17.6. The maximum Gasteiger partial charge on any atom is 0.123 e. The van der Waals surface area contributed by atoms with Gasteiger partial charge >= 0.3 is 0 Å². The van der Waals surface area contributed by atoms with Gasteiger partial charge in [-0.3, -0.25) is 0 Å². The molecule has 1 aliphatic rings. The predicted molar refractivity (Wildman–Crippen MR) is 108 cm³/mol. The summed E-state index contributed by atoms with van der Waals surface area (Å²) in [5.41, 5.74) is 2.56. The minimum Gasteiger partial charge on any atom is -0.496 e. The van der Waals surface area contributed by atoms with Crippen molar-refractivity contribution in [1.29, 1.82) is 0 Å². The highest BCUT2D eigenvalue weighted by molar-refractivity contribution is 5.33. The van der Waals surface area contributed by atoms with Gasteiger partial charge in [0.25, 0.3) is 0 Å². The summed E-state index contributed by atoms with van der Waals surface area (Å²) in [4.78, 5) is 0. The van der Waals surface area contributed by atoms with Gasteiger partial charge in [-0.25, -0.2) is 0 Å². The highest BCUT2D eigenvalue weighted by atomic mass is 16.5. The Hall–Kier alpha value is -1.84. The molecule has 2 aromatic carbocycles. The summed E-state index contributed by atoms with van der Waals surface area (Å²) >= 11 is 0. The number of methoxy groups -OCH3 is 1.